The number of rotatable bonds is 9. The first-order valence-electron chi connectivity index (χ1n) is 11.7. The van der Waals surface area contributed by atoms with E-state index in [1.807, 2.05) is 31.2 Å². The van der Waals surface area contributed by atoms with Crippen LogP contribution in [0.2, 0.25) is 0 Å². The first kappa shape index (κ1) is 23.1. The molecular weight excluding hydrogens is 384 g/mol. The van der Waals surface area contributed by atoms with Crippen LogP contribution >= 0.6 is 0 Å². The predicted octanol–water partition coefficient (Wildman–Crippen LogP) is 7.30. The SMILES string of the molecule is CCCCCC(/C=C/c1ccc(C(=O)OCC)cc1)c1ccc2c(c1)C(C)(C)CCO2. The van der Waals surface area contributed by atoms with Crippen molar-refractivity contribution in [3.63, 3.8) is 0 Å². The summed E-state index contributed by atoms with van der Waals surface area (Å²) < 4.78 is 11.0. The molecule has 2 aromatic carbocycles. The second-order valence-corrected chi connectivity index (χ2v) is 9.04. The number of ether oxygens (including phenoxy) is 2. The van der Waals surface area contributed by atoms with E-state index in [2.05, 4.69) is 51.1 Å². The molecule has 0 aromatic heterocycles. The Balaban J connectivity index is 1.82. The van der Waals surface area contributed by atoms with Crippen molar-refractivity contribution >= 4 is 12.0 Å². The lowest BCUT2D eigenvalue weighted by atomic mass is 9.78. The quantitative estimate of drug-likeness (QED) is 0.315. The number of carbonyl (C=O) groups is 1. The maximum atomic E-state index is 11.9. The summed E-state index contributed by atoms with van der Waals surface area (Å²) in [6.07, 6.45) is 10.3. The van der Waals surface area contributed by atoms with Gasteiger partial charge in [-0.05, 0) is 54.5 Å². The van der Waals surface area contributed by atoms with Crippen LogP contribution in [-0.2, 0) is 10.2 Å². The van der Waals surface area contributed by atoms with E-state index in [0.29, 0.717) is 18.1 Å². The first-order valence-corrected chi connectivity index (χ1v) is 11.7. The van der Waals surface area contributed by atoms with Crippen molar-refractivity contribution in [1.29, 1.82) is 0 Å². The average molecular weight is 421 g/mol. The second-order valence-electron chi connectivity index (χ2n) is 9.04. The zero-order valence-corrected chi connectivity index (χ0v) is 19.4. The van der Waals surface area contributed by atoms with E-state index in [9.17, 15) is 4.79 Å². The Morgan fingerprint density at radius 2 is 1.90 bits per heavy atom. The molecule has 1 aliphatic heterocycles. The van der Waals surface area contributed by atoms with Gasteiger partial charge in [0, 0.05) is 11.5 Å². The van der Waals surface area contributed by atoms with Crippen LogP contribution in [0.5, 0.6) is 5.75 Å². The van der Waals surface area contributed by atoms with Crippen LogP contribution in [0.3, 0.4) is 0 Å². The normalized spacial score (nSPS) is 15.9. The molecule has 0 radical (unpaired) electrons. The Labute approximate surface area is 187 Å². The monoisotopic (exact) mass is 420 g/mol. The fraction of sp³-hybridized carbons (Fsp3) is 0.464. The molecule has 31 heavy (non-hydrogen) atoms. The molecule has 0 aliphatic carbocycles. The molecule has 0 spiro atoms. The number of benzene rings is 2. The summed E-state index contributed by atoms with van der Waals surface area (Å²) >= 11 is 0. The van der Waals surface area contributed by atoms with Crippen LogP contribution in [-0.4, -0.2) is 19.2 Å². The van der Waals surface area contributed by atoms with Crippen molar-refractivity contribution in [2.24, 2.45) is 0 Å². The Hall–Kier alpha value is -2.55. The topological polar surface area (TPSA) is 35.5 Å². The summed E-state index contributed by atoms with van der Waals surface area (Å²) in [5, 5.41) is 0. The van der Waals surface area contributed by atoms with E-state index in [1.54, 1.807) is 0 Å². The van der Waals surface area contributed by atoms with Gasteiger partial charge >= 0.3 is 5.97 Å². The van der Waals surface area contributed by atoms with Gasteiger partial charge in [-0.1, -0.05) is 76.5 Å². The van der Waals surface area contributed by atoms with Gasteiger partial charge in [-0.3, -0.25) is 0 Å². The van der Waals surface area contributed by atoms with Crippen LogP contribution in [0.4, 0.5) is 0 Å². The van der Waals surface area contributed by atoms with Gasteiger partial charge in [0.1, 0.15) is 5.75 Å². The Kier molecular flexibility index (Phi) is 7.95. The summed E-state index contributed by atoms with van der Waals surface area (Å²) in [5.74, 6) is 1.12. The number of esters is 1. The van der Waals surface area contributed by atoms with Gasteiger partial charge in [-0.15, -0.1) is 0 Å². The highest BCUT2D eigenvalue weighted by atomic mass is 16.5. The first-order chi connectivity index (χ1) is 14.9. The molecule has 1 aliphatic rings. The van der Waals surface area contributed by atoms with E-state index in [0.717, 1.165) is 30.8 Å². The third-order valence-corrected chi connectivity index (χ3v) is 6.21. The summed E-state index contributed by atoms with van der Waals surface area (Å²) in [6, 6.07) is 14.4. The lowest BCUT2D eigenvalue weighted by Crippen LogP contribution is -2.26. The summed E-state index contributed by atoms with van der Waals surface area (Å²) in [5.41, 5.74) is 4.51. The molecule has 3 heteroatoms. The Morgan fingerprint density at radius 3 is 2.61 bits per heavy atom. The Morgan fingerprint density at radius 1 is 1.13 bits per heavy atom. The molecule has 1 heterocycles. The van der Waals surface area contributed by atoms with E-state index < -0.39 is 0 Å². The highest BCUT2D eigenvalue weighted by Gasteiger charge is 2.29. The van der Waals surface area contributed by atoms with Crippen LogP contribution < -0.4 is 4.74 Å². The van der Waals surface area contributed by atoms with Crippen LogP contribution in [0, 0.1) is 0 Å². The fourth-order valence-electron chi connectivity index (χ4n) is 4.14. The zero-order valence-electron chi connectivity index (χ0n) is 19.4. The minimum Gasteiger partial charge on any atom is -0.493 e. The Bertz CT molecular complexity index is 893. The maximum Gasteiger partial charge on any atom is 0.338 e. The van der Waals surface area contributed by atoms with Crippen LogP contribution in [0.15, 0.2) is 48.5 Å². The molecule has 0 saturated carbocycles. The molecular formula is C28H36O3. The lowest BCUT2D eigenvalue weighted by molar-refractivity contribution is 0.0526. The molecule has 0 saturated heterocycles. The molecule has 1 atom stereocenters. The number of carbonyl (C=O) groups excluding carboxylic acids is 1. The van der Waals surface area contributed by atoms with Crippen molar-refractivity contribution in [3.05, 3.63) is 70.8 Å². The number of hydrogen-bond acceptors (Lipinski definition) is 3. The highest BCUT2D eigenvalue weighted by Crippen LogP contribution is 2.40. The molecule has 3 nitrogen and oxygen atoms in total. The lowest BCUT2D eigenvalue weighted by Gasteiger charge is -2.33. The van der Waals surface area contributed by atoms with Gasteiger partial charge in [0.05, 0.1) is 18.8 Å². The fourth-order valence-corrected chi connectivity index (χ4v) is 4.14. The van der Waals surface area contributed by atoms with Crippen molar-refractivity contribution in [2.45, 2.75) is 71.1 Å². The predicted molar refractivity (Wildman–Crippen MR) is 128 cm³/mol. The number of fused-ring (bicyclic) bond motifs is 1. The second kappa shape index (κ2) is 10.7. The minimum atomic E-state index is -0.269. The van der Waals surface area contributed by atoms with Crippen molar-refractivity contribution in [3.8, 4) is 5.75 Å². The van der Waals surface area contributed by atoms with Gasteiger partial charge in [0.15, 0.2) is 0 Å². The molecule has 3 rings (SSSR count). The van der Waals surface area contributed by atoms with Gasteiger partial charge < -0.3 is 9.47 Å². The molecule has 0 fully saturated rings. The van der Waals surface area contributed by atoms with Crippen molar-refractivity contribution in [2.75, 3.05) is 13.2 Å². The standard InChI is InChI=1S/C28H36O3/c1-5-7-8-9-22(13-10-21-11-14-23(15-12-21)27(29)30-6-2)24-16-17-26-25(20-24)28(3,4)18-19-31-26/h10-17,20,22H,5-9,18-19H2,1-4H3/b13-10+. The number of allylic oxidation sites excluding steroid dienone is 1. The minimum absolute atomic E-state index is 0.143. The molecule has 0 bridgehead atoms. The molecule has 0 amide bonds. The smallest absolute Gasteiger partial charge is 0.338 e. The van der Waals surface area contributed by atoms with Gasteiger partial charge in [-0.25, -0.2) is 4.79 Å². The van der Waals surface area contributed by atoms with E-state index in [1.165, 1.54) is 30.4 Å². The van der Waals surface area contributed by atoms with Crippen LogP contribution in [0.1, 0.15) is 92.8 Å². The summed E-state index contributed by atoms with van der Waals surface area (Å²) in [7, 11) is 0. The van der Waals surface area contributed by atoms with Crippen molar-refractivity contribution in [1.82, 2.24) is 0 Å². The molecule has 0 N–H and O–H groups in total. The van der Waals surface area contributed by atoms with Gasteiger partial charge in [0.2, 0.25) is 0 Å². The summed E-state index contributed by atoms with van der Waals surface area (Å²) in [6.45, 7) is 9.87. The number of hydrogen-bond donors (Lipinski definition) is 0. The molecule has 166 valence electrons. The van der Waals surface area contributed by atoms with Gasteiger partial charge in [0.25, 0.3) is 0 Å². The van der Waals surface area contributed by atoms with E-state index in [-0.39, 0.29) is 11.4 Å². The maximum absolute atomic E-state index is 11.9. The van der Waals surface area contributed by atoms with Crippen LogP contribution in [0.25, 0.3) is 6.08 Å². The van der Waals surface area contributed by atoms with E-state index in [4.69, 9.17) is 9.47 Å². The average Bonchev–Trinajstić information content (AvgIpc) is 2.76. The highest BCUT2D eigenvalue weighted by molar-refractivity contribution is 5.89. The molecule has 1 unspecified atom stereocenters. The zero-order chi connectivity index (χ0) is 22.3. The van der Waals surface area contributed by atoms with Crippen molar-refractivity contribution < 1.29 is 14.3 Å². The van der Waals surface area contributed by atoms with E-state index >= 15 is 0 Å². The largest absolute Gasteiger partial charge is 0.493 e. The third kappa shape index (κ3) is 6.00. The third-order valence-electron chi connectivity index (χ3n) is 6.21. The molecule has 2 aromatic rings. The van der Waals surface area contributed by atoms with Gasteiger partial charge in [-0.2, -0.15) is 0 Å². The summed E-state index contributed by atoms with van der Waals surface area (Å²) in [4.78, 5) is 11.9. The number of unbranched alkanes of at least 4 members (excludes halogenated alkanes) is 2.